The molecule has 3 N–H and O–H groups in total. The van der Waals surface area contributed by atoms with Crippen LogP contribution in [-0.4, -0.2) is 23.2 Å². The van der Waals surface area contributed by atoms with Crippen molar-refractivity contribution in [2.45, 2.75) is 36.4 Å². The monoisotopic (exact) mass is 346 g/mol. The highest BCUT2D eigenvalue weighted by Crippen LogP contribution is 2.27. The summed E-state index contributed by atoms with van der Waals surface area (Å²) in [6, 6.07) is 6.43. The molecule has 0 aliphatic heterocycles. The maximum absolute atomic E-state index is 6.04. The fourth-order valence-electron chi connectivity index (χ4n) is 2.78. The van der Waals surface area contributed by atoms with Crippen LogP contribution in [0.3, 0.4) is 0 Å². The zero-order valence-corrected chi connectivity index (χ0v) is 14.8. The van der Waals surface area contributed by atoms with Crippen molar-refractivity contribution in [2.75, 3.05) is 17.6 Å². The fourth-order valence-corrected chi connectivity index (χ4v) is 4.41. The number of hydrogen-bond acceptors (Lipinski definition) is 4. The Morgan fingerprint density at radius 3 is 3.13 bits per heavy atom. The lowest BCUT2D eigenvalue weighted by atomic mass is 9.90. The summed E-state index contributed by atoms with van der Waals surface area (Å²) >= 11 is 3.46. The van der Waals surface area contributed by atoms with E-state index in [2.05, 4.69) is 33.5 Å². The van der Waals surface area contributed by atoms with Gasteiger partial charge in [-0.2, -0.15) is 0 Å². The zero-order chi connectivity index (χ0) is 15.9. The predicted molar refractivity (Wildman–Crippen MR) is 101 cm³/mol. The number of nitrogens with zero attached hydrogens (tertiary/aromatic N) is 2. The number of aryl methyl sites for hydroxylation is 1. The third-order valence-corrected chi connectivity index (χ3v) is 5.93. The second-order valence-corrected chi connectivity index (χ2v) is 7.78. The molecule has 2 aromatic rings. The van der Waals surface area contributed by atoms with Gasteiger partial charge in [-0.3, -0.25) is 4.99 Å². The molecule has 1 aromatic heterocycles. The van der Waals surface area contributed by atoms with Crippen LogP contribution in [-0.2, 0) is 12.8 Å². The molecule has 0 spiro atoms. The Hall–Kier alpha value is -1.53. The van der Waals surface area contributed by atoms with E-state index in [0.717, 1.165) is 35.2 Å². The smallest absolute Gasteiger partial charge is 0.193 e. The van der Waals surface area contributed by atoms with Gasteiger partial charge in [0, 0.05) is 29.6 Å². The Morgan fingerprint density at radius 1 is 1.35 bits per heavy atom. The number of anilines is 1. The second-order valence-electron chi connectivity index (χ2n) is 5.54. The summed E-state index contributed by atoms with van der Waals surface area (Å²) in [6.07, 6.45) is 7.70. The maximum atomic E-state index is 6.04. The minimum absolute atomic E-state index is 0.517. The topological polar surface area (TPSA) is 63.3 Å². The van der Waals surface area contributed by atoms with Crippen LogP contribution in [0.4, 0.5) is 5.69 Å². The van der Waals surface area contributed by atoms with Crippen molar-refractivity contribution in [2.24, 2.45) is 10.7 Å². The van der Waals surface area contributed by atoms with Crippen LogP contribution in [0.1, 0.15) is 30.4 Å². The van der Waals surface area contributed by atoms with E-state index in [0.29, 0.717) is 5.96 Å². The first-order valence-corrected chi connectivity index (χ1v) is 9.89. The maximum Gasteiger partial charge on any atom is 0.193 e. The summed E-state index contributed by atoms with van der Waals surface area (Å²) < 4.78 is 1.12. The van der Waals surface area contributed by atoms with Crippen LogP contribution in [0.5, 0.6) is 0 Å². The minimum Gasteiger partial charge on any atom is -0.370 e. The molecule has 0 saturated heterocycles. The van der Waals surface area contributed by atoms with E-state index < -0.39 is 0 Å². The van der Waals surface area contributed by atoms with Crippen molar-refractivity contribution < 1.29 is 0 Å². The Labute approximate surface area is 145 Å². The standard InChI is InChI=1S/C17H22N4S2/c18-16(19-9-4-11-22-17-20-10-12-23-17)21-15-8-3-6-13-5-1-2-7-14(13)15/h3,6,8,10,12H,1-2,4-5,7,9,11H2,(H3,18,19,21). The van der Waals surface area contributed by atoms with Gasteiger partial charge in [-0.25, -0.2) is 4.98 Å². The number of thioether (sulfide) groups is 1. The van der Waals surface area contributed by atoms with Crippen LogP contribution in [0.15, 0.2) is 39.1 Å². The molecule has 23 heavy (non-hydrogen) atoms. The van der Waals surface area contributed by atoms with Crippen LogP contribution >= 0.6 is 23.1 Å². The van der Waals surface area contributed by atoms with Gasteiger partial charge in [0.05, 0.1) is 0 Å². The van der Waals surface area contributed by atoms with E-state index in [4.69, 9.17) is 5.73 Å². The van der Waals surface area contributed by atoms with Gasteiger partial charge in [0.15, 0.2) is 5.96 Å². The normalized spacial score (nSPS) is 14.5. The van der Waals surface area contributed by atoms with E-state index in [1.165, 1.54) is 30.4 Å². The molecule has 1 aliphatic rings. The first-order chi connectivity index (χ1) is 11.3. The highest BCUT2D eigenvalue weighted by atomic mass is 32.2. The molecule has 0 unspecified atom stereocenters. The van der Waals surface area contributed by atoms with E-state index in [1.54, 1.807) is 23.1 Å². The molecule has 4 nitrogen and oxygen atoms in total. The summed E-state index contributed by atoms with van der Waals surface area (Å²) in [5, 5.41) is 5.29. The third-order valence-electron chi connectivity index (χ3n) is 3.88. The van der Waals surface area contributed by atoms with Crippen LogP contribution in [0, 0.1) is 0 Å². The lowest BCUT2D eigenvalue weighted by molar-refractivity contribution is 0.687. The fraction of sp³-hybridized carbons (Fsp3) is 0.412. The molecule has 0 amide bonds. The van der Waals surface area contributed by atoms with Gasteiger partial charge in [0.1, 0.15) is 4.34 Å². The Bertz CT molecular complexity index is 653. The predicted octanol–water partition coefficient (Wildman–Crippen LogP) is 3.93. The summed E-state index contributed by atoms with van der Waals surface area (Å²) in [4.78, 5) is 8.69. The zero-order valence-electron chi connectivity index (χ0n) is 13.1. The number of aliphatic imine (C=N–C) groups is 1. The highest BCUT2D eigenvalue weighted by Gasteiger charge is 2.12. The van der Waals surface area contributed by atoms with Crippen molar-refractivity contribution in [3.63, 3.8) is 0 Å². The first-order valence-electron chi connectivity index (χ1n) is 8.03. The van der Waals surface area contributed by atoms with Crippen LogP contribution in [0.2, 0.25) is 0 Å². The van der Waals surface area contributed by atoms with Crippen LogP contribution < -0.4 is 11.1 Å². The summed E-state index contributed by atoms with van der Waals surface area (Å²) in [6.45, 7) is 0.742. The Balaban J connectivity index is 1.48. The third kappa shape index (κ3) is 4.72. The number of aromatic nitrogens is 1. The van der Waals surface area contributed by atoms with Crippen molar-refractivity contribution in [3.05, 3.63) is 40.9 Å². The molecule has 1 heterocycles. The van der Waals surface area contributed by atoms with E-state index in [1.807, 2.05) is 11.6 Å². The molecule has 6 heteroatoms. The molecule has 1 aromatic carbocycles. The van der Waals surface area contributed by atoms with Gasteiger partial charge in [0.25, 0.3) is 0 Å². The van der Waals surface area contributed by atoms with E-state index in [9.17, 15) is 0 Å². The molecule has 3 rings (SSSR count). The average molecular weight is 347 g/mol. The summed E-state index contributed by atoms with van der Waals surface area (Å²) in [7, 11) is 0. The SMILES string of the molecule is NC(=NCCCSc1nccs1)Nc1cccc2c1CCCC2. The Morgan fingerprint density at radius 2 is 2.26 bits per heavy atom. The van der Waals surface area contributed by atoms with Gasteiger partial charge in [0.2, 0.25) is 0 Å². The van der Waals surface area contributed by atoms with Gasteiger partial charge in [-0.05, 0) is 49.3 Å². The number of rotatable bonds is 6. The molecule has 0 bridgehead atoms. The Kier molecular flexibility index (Phi) is 5.93. The van der Waals surface area contributed by atoms with Crippen molar-refractivity contribution in [1.29, 1.82) is 0 Å². The quantitative estimate of drug-likeness (QED) is 0.360. The first kappa shape index (κ1) is 16.3. The number of nitrogens with one attached hydrogen (secondary N) is 1. The van der Waals surface area contributed by atoms with Gasteiger partial charge in [-0.15, -0.1) is 11.3 Å². The second kappa shape index (κ2) is 8.36. The van der Waals surface area contributed by atoms with Crippen molar-refractivity contribution in [3.8, 4) is 0 Å². The largest absolute Gasteiger partial charge is 0.370 e. The van der Waals surface area contributed by atoms with Crippen molar-refractivity contribution in [1.82, 2.24) is 4.98 Å². The number of hydrogen-bond donors (Lipinski definition) is 2. The number of guanidine groups is 1. The molecule has 0 saturated carbocycles. The van der Waals surface area contributed by atoms with Crippen LogP contribution in [0.25, 0.3) is 0 Å². The van der Waals surface area contributed by atoms with Gasteiger partial charge in [-0.1, -0.05) is 23.9 Å². The molecular weight excluding hydrogens is 324 g/mol. The van der Waals surface area contributed by atoms with Gasteiger partial charge >= 0.3 is 0 Å². The minimum atomic E-state index is 0.517. The number of benzene rings is 1. The van der Waals surface area contributed by atoms with E-state index >= 15 is 0 Å². The van der Waals surface area contributed by atoms with Crippen molar-refractivity contribution >= 4 is 34.7 Å². The lowest BCUT2D eigenvalue weighted by Gasteiger charge is -2.19. The molecule has 0 fully saturated rings. The number of fused-ring (bicyclic) bond motifs is 1. The molecular formula is C17H22N4S2. The molecule has 0 atom stereocenters. The summed E-state index contributed by atoms with van der Waals surface area (Å²) in [5.74, 6) is 1.54. The molecule has 1 aliphatic carbocycles. The molecule has 0 radical (unpaired) electrons. The molecule has 122 valence electrons. The van der Waals surface area contributed by atoms with E-state index in [-0.39, 0.29) is 0 Å². The average Bonchev–Trinajstić information content (AvgIpc) is 3.08. The summed E-state index contributed by atoms with van der Waals surface area (Å²) in [5.41, 5.74) is 10.0. The number of thiazole rings is 1. The van der Waals surface area contributed by atoms with Gasteiger partial charge < -0.3 is 11.1 Å². The highest BCUT2D eigenvalue weighted by molar-refractivity contribution is 8.00. The number of nitrogens with two attached hydrogens (primary N) is 1. The lowest BCUT2D eigenvalue weighted by Crippen LogP contribution is -2.24.